The van der Waals surface area contributed by atoms with Gasteiger partial charge in [0, 0.05) is 17.3 Å². The minimum atomic E-state index is -3.97. The van der Waals surface area contributed by atoms with Gasteiger partial charge in [-0.3, -0.25) is 9.59 Å². The smallest absolute Gasteiger partial charge is 0.267 e. The maximum absolute atomic E-state index is 10.8. The predicted octanol–water partition coefficient (Wildman–Crippen LogP) is 0.0571. The molecule has 0 aliphatic heterocycles. The monoisotopic (exact) mass is 243 g/mol. The normalized spacial score (nSPS) is 29.0. The minimum Gasteiger partial charge on any atom is -0.691 e. The van der Waals surface area contributed by atoms with Gasteiger partial charge in [-0.05, 0) is 19.3 Å². The van der Waals surface area contributed by atoms with Crippen LogP contribution < -0.4 is 5.26 Å². The van der Waals surface area contributed by atoms with Crippen molar-refractivity contribution in [3.05, 3.63) is 0 Å². The molecule has 0 aromatic rings. The molecule has 6 nitrogen and oxygen atoms in total. The Kier molecular flexibility index (Phi) is 4.61. The molecule has 1 aliphatic rings. The highest BCUT2D eigenvalue weighted by molar-refractivity contribution is 7.95. The van der Waals surface area contributed by atoms with Crippen molar-refractivity contribution in [1.29, 1.82) is 0 Å². The minimum absolute atomic E-state index is 0.121. The van der Waals surface area contributed by atoms with Crippen LogP contribution in [0.25, 0.3) is 0 Å². The molecule has 2 unspecified atom stereocenters. The summed E-state index contributed by atoms with van der Waals surface area (Å²) in [6.07, 6.45) is 2.17. The maximum atomic E-state index is 10.8. The van der Waals surface area contributed by atoms with Crippen LogP contribution in [0.1, 0.15) is 25.7 Å². The molecule has 0 saturated heterocycles. The molecule has 0 bridgehead atoms. The van der Waals surface area contributed by atoms with Gasteiger partial charge in [0.2, 0.25) is 0 Å². The van der Waals surface area contributed by atoms with Crippen molar-refractivity contribution in [2.75, 3.05) is 0 Å². The van der Waals surface area contributed by atoms with Gasteiger partial charge in [0.25, 0.3) is 10.1 Å². The summed E-state index contributed by atoms with van der Waals surface area (Å²) in [5, 5.41) is 11.8. The van der Waals surface area contributed by atoms with E-state index in [-0.39, 0.29) is 11.7 Å². The van der Waals surface area contributed by atoms with Crippen molar-refractivity contribution in [1.82, 2.24) is 0 Å². The first-order valence-electron chi connectivity index (χ1n) is 4.12. The molecule has 0 amide bonds. The van der Waals surface area contributed by atoms with Gasteiger partial charge in [0.05, 0.1) is 5.25 Å². The summed E-state index contributed by atoms with van der Waals surface area (Å²) in [5.41, 5.74) is 0. The van der Waals surface area contributed by atoms with Gasteiger partial charge >= 0.3 is 0 Å². The van der Waals surface area contributed by atoms with Crippen molar-refractivity contribution >= 4 is 22.2 Å². The molecule has 1 N–H and O–H groups in total. The molecule has 1 rings (SSSR count). The van der Waals surface area contributed by atoms with E-state index in [0.717, 1.165) is 18.5 Å². The Bertz CT molecular complexity index is 263. The number of hydrogen-bond donors (Lipinski definition) is 1. The van der Waals surface area contributed by atoms with Gasteiger partial charge in [-0.2, -0.15) is 12.8 Å². The van der Waals surface area contributed by atoms with Crippen LogP contribution in [0.5, 0.6) is 0 Å². The van der Waals surface area contributed by atoms with Gasteiger partial charge in [0.15, 0.2) is 0 Å². The molecule has 1 aliphatic carbocycles. The lowest BCUT2D eigenvalue weighted by Gasteiger charge is -2.25. The van der Waals surface area contributed by atoms with E-state index in [1.807, 2.05) is 0 Å². The largest absolute Gasteiger partial charge is 0.691 e. The zero-order valence-corrected chi connectivity index (χ0v) is 8.92. The first kappa shape index (κ1) is 12.2. The third-order valence-electron chi connectivity index (χ3n) is 2.20. The third-order valence-corrected chi connectivity index (χ3v) is 4.31. The van der Waals surface area contributed by atoms with E-state index < -0.39 is 15.4 Å². The molecule has 2 atom stereocenters. The van der Waals surface area contributed by atoms with E-state index in [4.69, 9.17) is 4.55 Å². The van der Waals surface area contributed by atoms with Crippen molar-refractivity contribution in [3.8, 4) is 0 Å². The Balaban J connectivity index is 2.44. The van der Waals surface area contributed by atoms with Gasteiger partial charge in [-0.1, -0.05) is 6.42 Å². The van der Waals surface area contributed by atoms with E-state index in [1.54, 1.807) is 0 Å². The van der Waals surface area contributed by atoms with Gasteiger partial charge in [-0.25, -0.2) is 0 Å². The van der Waals surface area contributed by atoms with Crippen LogP contribution >= 0.6 is 12.0 Å². The van der Waals surface area contributed by atoms with E-state index >= 15 is 0 Å². The second-order valence-corrected chi connectivity index (χ2v) is 5.85. The van der Waals surface area contributed by atoms with E-state index in [2.05, 4.69) is 9.37 Å². The molecule has 0 aromatic heterocycles. The third kappa shape index (κ3) is 3.71. The number of hydrogen-bond acceptors (Lipinski definition) is 6. The molecule has 0 radical (unpaired) electrons. The lowest BCUT2D eigenvalue weighted by atomic mass is 10.00. The Morgan fingerprint density at radius 2 is 2.14 bits per heavy atom. The maximum Gasteiger partial charge on any atom is 0.267 e. The van der Waals surface area contributed by atoms with Gasteiger partial charge < -0.3 is 5.26 Å². The van der Waals surface area contributed by atoms with Gasteiger partial charge in [-0.15, -0.1) is 0 Å². The molecule has 1 saturated carbocycles. The second kappa shape index (κ2) is 5.29. The average Bonchev–Trinajstić information content (AvgIpc) is 2.14. The van der Waals surface area contributed by atoms with Crippen LogP contribution in [-0.2, 0) is 19.5 Å². The van der Waals surface area contributed by atoms with Crippen molar-refractivity contribution in [3.63, 3.8) is 0 Å². The molecule has 8 heteroatoms. The molecular formula is C6H11O6S2-. The van der Waals surface area contributed by atoms with Crippen LogP contribution in [0.3, 0.4) is 0 Å². The van der Waals surface area contributed by atoms with Gasteiger partial charge in [0.1, 0.15) is 0 Å². The summed E-state index contributed by atoms with van der Waals surface area (Å²) < 4.78 is 34.6. The Labute approximate surface area is 86.4 Å². The quantitative estimate of drug-likeness (QED) is 0.322. The van der Waals surface area contributed by atoms with Crippen LogP contribution in [-0.4, -0.2) is 23.5 Å². The summed E-state index contributed by atoms with van der Waals surface area (Å²) in [5.74, 6) is 0. The lowest BCUT2D eigenvalue weighted by Crippen LogP contribution is -2.29. The number of rotatable bonds is 4. The highest BCUT2D eigenvalue weighted by Gasteiger charge is 2.31. The fourth-order valence-corrected chi connectivity index (χ4v) is 3.31. The average molecular weight is 243 g/mol. The highest BCUT2D eigenvalue weighted by Crippen LogP contribution is 2.31. The van der Waals surface area contributed by atoms with E-state index in [0.29, 0.717) is 12.8 Å². The Hall–Kier alpha value is 0.140. The summed E-state index contributed by atoms with van der Waals surface area (Å²) in [6.45, 7) is 0. The fraction of sp³-hybridized carbons (Fsp3) is 1.00. The zero-order valence-electron chi connectivity index (χ0n) is 7.29. The summed E-state index contributed by atoms with van der Waals surface area (Å²) in [6, 6.07) is 0. The summed E-state index contributed by atoms with van der Waals surface area (Å²) in [7, 11) is -3.97. The topological polar surface area (TPSA) is 95.9 Å². The molecule has 84 valence electrons. The predicted molar refractivity (Wildman–Crippen MR) is 47.4 cm³/mol. The van der Waals surface area contributed by atoms with Crippen LogP contribution in [0.15, 0.2) is 0 Å². The summed E-state index contributed by atoms with van der Waals surface area (Å²) in [4.78, 5) is 0. The summed E-state index contributed by atoms with van der Waals surface area (Å²) >= 11 is 0.807. The first-order valence-corrected chi connectivity index (χ1v) is 6.43. The molecule has 0 spiro atoms. The van der Waals surface area contributed by atoms with Crippen molar-refractivity contribution in [2.45, 2.75) is 36.2 Å². The Morgan fingerprint density at radius 1 is 1.43 bits per heavy atom. The molecule has 0 aromatic carbocycles. The van der Waals surface area contributed by atoms with E-state index in [9.17, 15) is 13.7 Å². The van der Waals surface area contributed by atoms with Crippen LogP contribution in [0, 0.1) is 0 Å². The molecule has 1 fully saturated rings. The van der Waals surface area contributed by atoms with E-state index in [1.165, 1.54) is 0 Å². The molecular weight excluding hydrogens is 232 g/mol. The Morgan fingerprint density at radius 3 is 2.71 bits per heavy atom. The second-order valence-electron chi connectivity index (χ2n) is 3.16. The lowest BCUT2D eigenvalue weighted by molar-refractivity contribution is -0.777. The standard InChI is InChI=1S/C6H12O6S2/c7-11-12-13-5-2-1-3-6(4-5)14(8,9)10/h5-7H,1-4H2,(H,8,9,10)/p-1. The molecule has 14 heavy (non-hydrogen) atoms. The first-order chi connectivity index (χ1) is 6.54. The van der Waals surface area contributed by atoms with Crippen molar-refractivity contribution < 1.29 is 27.6 Å². The SMILES string of the molecule is O=S(=O)(O)C1CCCC(SOO[O-])C1. The fourth-order valence-electron chi connectivity index (χ4n) is 1.53. The highest BCUT2D eigenvalue weighted by atomic mass is 32.2. The molecule has 0 heterocycles. The van der Waals surface area contributed by atoms with Crippen molar-refractivity contribution in [2.24, 2.45) is 0 Å². The van der Waals surface area contributed by atoms with Crippen LogP contribution in [0.4, 0.5) is 0 Å². The van der Waals surface area contributed by atoms with Crippen LogP contribution in [0.2, 0.25) is 0 Å². The zero-order chi connectivity index (χ0) is 10.6.